The summed E-state index contributed by atoms with van der Waals surface area (Å²) in [6.07, 6.45) is 9.25. The van der Waals surface area contributed by atoms with E-state index >= 15 is 0 Å². The minimum atomic E-state index is -0.203. The third-order valence-corrected chi connectivity index (χ3v) is 9.20. The first kappa shape index (κ1) is 27.5. The molecule has 1 aromatic heterocycles. The van der Waals surface area contributed by atoms with Crippen molar-refractivity contribution < 1.29 is 9.53 Å². The van der Waals surface area contributed by atoms with E-state index in [1.807, 2.05) is 0 Å². The lowest BCUT2D eigenvalue weighted by molar-refractivity contribution is -0.128. The molecule has 1 aliphatic carbocycles. The molecule has 0 spiro atoms. The number of carbonyl (C=O) groups excluding carboxylic acids is 1. The molecule has 0 bridgehead atoms. The first-order valence-electron chi connectivity index (χ1n) is 15.3. The lowest BCUT2D eigenvalue weighted by Gasteiger charge is -2.43. The van der Waals surface area contributed by atoms with E-state index in [-0.39, 0.29) is 18.4 Å². The predicted octanol–water partition coefficient (Wildman–Crippen LogP) is 3.38. The molecular formula is C32H41N7O2. The molecule has 1 aromatic carbocycles. The Morgan fingerprint density at radius 3 is 2.78 bits per heavy atom. The van der Waals surface area contributed by atoms with Crippen LogP contribution in [0.3, 0.4) is 0 Å². The molecule has 2 aromatic rings. The number of ether oxygens (including phenoxy) is 1. The quantitative estimate of drug-likeness (QED) is 0.458. The number of benzene rings is 1. The van der Waals surface area contributed by atoms with Crippen molar-refractivity contribution in [3.8, 4) is 12.1 Å². The number of amides is 1. The smallest absolute Gasteiger partial charge is 0.318 e. The zero-order chi connectivity index (χ0) is 28.2. The molecule has 6 rings (SSSR count). The number of fused-ring (bicyclic) bond motifs is 2. The van der Waals surface area contributed by atoms with Crippen molar-refractivity contribution in [2.75, 3.05) is 62.2 Å². The van der Waals surface area contributed by atoms with Crippen LogP contribution < -0.4 is 14.5 Å². The highest BCUT2D eigenvalue weighted by Crippen LogP contribution is 2.36. The maximum atomic E-state index is 12.5. The van der Waals surface area contributed by atoms with E-state index in [4.69, 9.17) is 14.7 Å². The van der Waals surface area contributed by atoms with Crippen LogP contribution in [0.5, 0.6) is 6.01 Å². The molecule has 216 valence electrons. The van der Waals surface area contributed by atoms with E-state index in [1.54, 1.807) is 4.90 Å². The highest BCUT2D eigenvalue weighted by atomic mass is 16.5. The number of para-hydroxylation sites is 1. The van der Waals surface area contributed by atoms with Gasteiger partial charge in [-0.25, -0.2) is 0 Å². The number of hydrogen-bond donors (Lipinski definition) is 0. The fraction of sp³-hybridized carbons (Fsp3) is 0.562. The van der Waals surface area contributed by atoms with Gasteiger partial charge in [-0.3, -0.25) is 9.69 Å². The molecule has 1 amide bonds. The second-order valence-electron chi connectivity index (χ2n) is 11.7. The minimum Gasteiger partial charge on any atom is -0.462 e. The predicted molar refractivity (Wildman–Crippen MR) is 159 cm³/mol. The van der Waals surface area contributed by atoms with Gasteiger partial charge in [0.05, 0.1) is 24.2 Å². The number of anilines is 2. The number of piperazine rings is 1. The standard InChI is InChI=1S/C32H41N7O2/c1-2-30(40)39-19-18-37(23-26(39)13-14-33)31-27-12-11-25(38-17-7-9-24-8-3-4-10-29(24)38)22-28(27)34-32(35-31)41-21-20-36-15-5-6-16-36/h2-4,8,10,25-26H,1,5-7,9,11-13,15-23H2/t25-,26+/m1/s1. The summed E-state index contributed by atoms with van der Waals surface area (Å²) in [5, 5.41) is 9.51. The van der Waals surface area contributed by atoms with Gasteiger partial charge >= 0.3 is 6.01 Å². The molecule has 0 radical (unpaired) electrons. The van der Waals surface area contributed by atoms with E-state index in [1.165, 1.54) is 42.2 Å². The summed E-state index contributed by atoms with van der Waals surface area (Å²) in [7, 11) is 0. The normalized spacial score (nSPS) is 22.6. The lowest BCUT2D eigenvalue weighted by atomic mass is 9.88. The van der Waals surface area contributed by atoms with E-state index in [0.717, 1.165) is 63.4 Å². The van der Waals surface area contributed by atoms with Gasteiger partial charge in [0.25, 0.3) is 0 Å². The molecule has 3 aliphatic heterocycles. The number of aryl methyl sites for hydroxylation is 1. The first-order valence-corrected chi connectivity index (χ1v) is 15.3. The molecule has 9 heteroatoms. The Hall–Kier alpha value is -3.64. The maximum Gasteiger partial charge on any atom is 0.318 e. The van der Waals surface area contributed by atoms with E-state index in [0.29, 0.717) is 38.3 Å². The van der Waals surface area contributed by atoms with Crippen molar-refractivity contribution in [3.63, 3.8) is 0 Å². The molecular weight excluding hydrogens is 514 g/mol. The van der Waals surface area contributed by atoms with Gasteiger partial charge in [0, 0.05) is 56.4 Å². The van der Waals surface area contributed by atoms with Gasteiger partial charge in [-0.15, -0.1) is 0 Å². The highest BCUT2D eigenvalue weighted by Gasteiger charge is 2.35. The Bertz CT molecular complexity index is 1300. The summed E-state index contributed by atoms with van der Waals surface area (Å²) in [5.74, 6) is 0.794. The maximum absolute atomic E-state index is 12.5. The summed E-state index contributed by atoms with van der Waals surface area (Å²) >= 11 is 0. The summed E-state index contributed by atoms with van der Waals surface area (Å²) in [6, 6.07) is 11.7. The number of rotatable bonds is 8. The van der Waals surface area contributed by atoms with Crippen LogP contribution >= 0.6 is 0 Å². The van der Waals surface area contributed by atoms with E-state index < -0.39 is 0 Å². The fourth-order valence-corrected chi connectivity index (χ4v) is 7.10. The van der Waals surface area contributed by atoms with Gasteiger partial charge in [0.1, 0.15) is 12.4 Å². The number of nitrogens with zero attached hydrogens (tertiary/aromatic N) is 7. The molecule has 0 unspecified atom stereocenters. The monoisotopic (exact) mass is 555 g/mol. The van der Waals surface area contributed by atoms with Crippen LogP contribution in [0.2, 0.25) is 0 Å². The SMILES string of the molecule is C=CC(=O)N1CCN(c2nc(OCCN3CCCC3)nc3c2CC[C@@H](N2CCCc4ccccc42)C3)C[C@@H]1CC#N. The number of aromatic nitrogens is 2. The minimum absolute atomic E-state index is 0.120. The Kier molecular flexibility index (Phi) is 8.38. The van der Waals surface area contributed by atoms with Crippen LogP contribution in [0.15, 0.2) is 36.9 Å². The largest absolute Gasteiger partial charge is 0.462 e. The van der Waals surface area contributed by atoms with Crippen LogP contribution in [0, 0.1) is 11.3 Å². The van der Waals surface area contributed by atoms with Crippen LogP contribution in [-0.4, -0.2) is 90.2 Å². The summed E-state index contributed by atoms with van der Waals surface area (Å²) in [4.78, 5) is 31.6. The molecule has 2 atom stereocenters. The summed E-state index contributed by atoms with van der Waals surface area (Å²) in [6.45, 7) is 10.2. The first-order chi connectivity index (χ1) is 20.1. The highest BCUT2D eigenvalue weighted by molar-refractivity contribution is 5.87. The van der Waals surface area contributed by atoms with Crippen LogP contribution in [-0.2, 0) is 24.1 Å². The lowest BCUT2D eigenvalue weighted by Crippen LogP contribution is -2.55. The molecule has 2 fully saturated rings. The van der Waals surface area contributed by atoms with Gasteiger partial charge < -0.3 is 19.4 Å². The third kappa shape index (κ3) is 5.89. The van der Waals surface area contributed by atoms with Crippen molar-refractivity contribution in [3.05, 3.63) is 53.7 Å². The second kappa shape index (κ2) is 12.5. The zero-order valence-electron chi connectivity index (χ0n) is 24.0. The Balaban J connectivity index is 1.27. The van der Waals surface area contributed by atoms with Crippen LogP contribution in [0.4, 0.5) is 11.5 Å². The molecule has 0 N–H and O–H groups in total. The van der Waals surface area contributed by atoms with Gasteiger partial charge in [0.15, 0.2) is 0 Å². The van der Waals surface area contributed by atoms with Gasteiger partial charge in [-0.2, -0.15) is 15.2 Å². The Labute approximate surface area is 243 Å². The molecule has 4 heterocycles. The van der Waals surface area contributed by atoms with Crippen molar-refractivity contribution in [1.29, 1.82) is 5.26 Å². The average molecular weight is 556 g/mol. The number of likely N-dealkylation sites (tertiary alicyclic amines) is 1. The molecule has 2 saturated heterocycles. The van der Waals surface area contributed by atoms with Gasteiger partial charge in [-0.05, 0) is 69.3 Å². The van der Waals surface area contributed by atoms with Crippen molar-refractivity contribution in [2.24, 2.45) is 0 Å². The Morgan fingerprint density at radius 2 is 1.95 bits per heavy atom. The number of nitriles is 1. The summed E-state index contributed by atoms with van der Waals surface area (Å²) in [5.41, 5.74) is 5.07. The average Bonchev–Trinajstić information content (AvgIpc) is 3.53. The number of hydrogen-bond acceptors (Lipinski definition) is 8. The number of carbonyl (C=O) groups is 1. The van der Waals surface area contributed by atoms with Crippen molar-refractivity contribution in [1.82, 2.24) is 19.8 Å². The summed E-state index contributed by atoms with van der Waals surface area (Å²) < 4.78 is 6.22. The topological polar surface area (TPSA) is 88.8 Å². The molecule has 41 heavy (non-hydrogen) atoms. The second-order valence-corrected chi connectivity index (χ2v) is 11.7. The van der Waals surface area contributed by atoms with Crippen molar-refractivity contribution >= 4 is 17.4 Å². The van der Waals surface area contributed by atoms with Crippen LogP contribution in [0.25, 0.3) is 0 Å². The van der Waals surface area contributed by atoms with E-state index in [2.05, 4.69) is 51.6 Å². The zero-order valence-corrected chi connectivity index (χ0v) is 24.0. The molecule has 0 saturated carbocycles. The van der Waals surface area contributed by atoms with Crippen LogP contribution in [0.1, 0.15) is 48.9 Å². The third-order valence-electron chi connectivity index (χ3n) is 9.20. The fourth-order valence-electron chi connectivity index (χ4n) is 7.10. The molecule has 4 aliphatic rings. The molecule has 9 nitrogen and oxygen atoms in total. The van der Waals surface area contributed by atoms with Gasteiger partial charge in [0.2, 0.25) is 5.91 Å². The van der Waals surface area contributed by atoms with Gasteiger partial charge in [-0.1, -0.05) is 24.8 Å². The van der Waals surface area contributed by atoms with Crippen molar-refractivity contribution in [2.45, 2.75) is 63.5 Å². The Morgan fingerprint density at radius 1 is 1.10 bits per heavy atom. The van der Waals surface area contributed by atoms with E-state index in [9.17, 15) is 10.1 Å².